The molecule has 0 saturated heterocycles. The predicted molar refractivity (Wildman–Crippen MR) is 56.5 cm³/mol. The summed E-state index contributed by atoms with van der Waals surface area (Å²) in [4.78, 5) is 0. The van der Waals surface area contributed by atoms with Crippen LogP contribution in [0.1, 0.15) is 24.5 Å². The summed E-state index contributed by atoms with van der Waals surface area (Å²) in [5, 5.41) is 8.81. The summed E-state index contributed by atoms with van der Waals surface area (Å²) in [6.07, 6.45) is 2.83. The van der Waals surface area contributed by atoms with Crippen molar-refractivity contribution in [1.82, 2.24) is 0 Å². The molecule has 1 rings (SSSR count). The summed E-state index contributed by atoms with van der Waals surface area (Å²) >= 11 is 0. The summed E-state index contributed by atoms with van der Waals surface area (Å²) in [5.41, 5.74) is 3.69. The van der Waals surface area contributed by atoms with E-state index in [1.54, 1.807) is 0 Å². The van der Waals surface area contributed by atoms with Crippen molar-refractivity contribution < 1.29 is 5.11 Å². The fourth-order valence-corrected chi connectivity index (χ4v) is 1.34. The first-order valence-electron chi connectivity index (χ1n) is 4.65. The fourth-order valence-electron chi connectivity index (χ4n) is 1.34. The number of aliphatic hydroxyl groups excluding tert-OH is 1. The molecule has 0 heterocycles. The lowest BCUT2D eigenvalue weighted by atomic mass is 10.0. The smallest absolute Gasteiger partial charge is 0.0618 e. The van der Waals surface area contributed by atoms with E-state index < -0.39 is 0 Å². The molecule has 0 aromatic heterocycles. The Balaban J connectivity index is 2.92. The second kappa shape index (κ2) is 4.83. The van der Waals surface area contributed by atoms with Crippen LogP contribution in [0.3, 0.4) is 0 Å². The van der Waals surface area contributed by atoms with Crippen molar-refractivity contribution in [2.24, 2.45) is 0 Å². The van der Waals surface area contributed by atoms with Gasteiger partial charge in [0.2, 0.25) is 0 Å². The van der Waals surface area contributed by atoms with Gasteiger partial charge in [0, 0.05) is 0 Å². The van der Waals surface area contributed by atoms with E-state index in [1.807, 2.05) is 6.08 Å². The fraction of sp³-hybridized carbons (Fsp3) is 0.333. The summed E-state index contributed by atoms with van der Waals surface area (Å²) in [5.74, 6) is 0. The summed E-state index contributed by atoms with van der Waals surface area (Å²) in [6, 6.07) is 8.38. The monoisotopic (exact) mass is 176 g/mol. The molecule has 0 aliphatic carbocycles. The lowest BCUT2D eigenvalue weighted by Crippen LogP contribution is -1.85. The van der Waals surface area contributed by atoms with Gasteiger partial charge in [-0.15, -0.1) is 0 Å². The van der Waals surface area contributed by atoms with Gasteiger partial charge in [-0.3, -0.25) is 0 Å². The van der Waals surface area contributed by atoms with E-state index >= 15 is 0 Å². The van der Waals surface area contributed by atoms with Crippen LogP contribution < -0.4 is 0 Å². The van der Waals surface area contributed by atoms with Crippen LogP contribution in [0.25, 0.3) is 5.57 Å². The molecule has 0 aliphatic rings. The van der Waals surface area contributed by atoms with Crippen LogP contribution in [0.4, 0.5) is 0 Å². The number of aliphatic hydroxyl groups is 1. The third-order valence-corrected chi connectivity index (χ3v) is 2.14. The van der Waals surface area contributed by atoms with E-state index in [-0.39, 0.29) is 6.61 Å². The number of hydrogen-bond acceptors (Lipinski definition) is 1. The van der Waals surface area contributed by atoms with E-state index in [0.717, 1.165) is 6.42 Å². The van der Waals surface area contributed by atoms with Crippen molar-refractivity contribution >= 4 is 5.57 Å². The molecule has 1 heteroatoms. The molecule has 0 atom stereocenters. The highest BCUT2D eigenvalue weighted by Crippen LogP contribution is 2.17. The summed E-state index contributed by atoms with van der Waals surface area (Å²) in [7, 11) is 0. The van der Waals surface area contributed by atoms with Crippen molar-refractivity contribution in [3.8, 4) is 0 Å². The van der Waals surface area contributed by atoms with E-state index in [9.17, 15) is 0 Å². The van der Waals surface area contributed by atoms with Crippen molar-refractivity contribution in [1.29, 1.82) is 0 Å². The van der Waals surface area contributed by atoms with Gasteiger partial charge in [0.05, 0.1) is 6.61 Å². The minimum Gasteiger partial charge on any atom is -0.392 e. The standard InChI is InChI=1S/C12H16O/c1-3-11(8-9-13)12-6-4-10(2)5-7-12/h4-8,13H,3,9H2,1-2H3/b11-8-. The van der Waals surface area contributed by atoms with Gasteiger partial charge in [0.15, 0.2) is 0 Å². The molecule has 13 heavy (non-hydrogen) atoms. The van der Waals surface area contributed by atoms with Gasteiger partial charge >= 0.3 is 0 Å². The quantitative estimate of drug-likeness (QED) is 0.750. The minimum absolute atomic E-state index is 0.122. The zero-order chi connectivity index (χ0) is 9.68. The Morgan fingerprint density at radius 2 is 1.92 bits per heavy atom. The largest absolute Gasteiger partial charge is 0.392 e. The topological polar surface area (TPSA) is 20.2 Å². The average molecular weight is 176 g/mol. The van der Waals surface area contributed by atoms with Crippen LogP contribution in [0, 0.1) is 6.92 Å². The van der Waals surface area contributed by atoms with E-state index in [2.05, 4.69) is 38.1 Å². The second-order valence-electron chi connectivity index (χ2n) is 3.13. The third-order valence-electron chi connectivity index (χ3n) is 2.14. The van der Waals surface area contributed by atoms with E-state index in [0.29, 0.717) is 0 Å². The van der Waals surface area contributed by atoms with Gasteiger partial charge < -0.3 is 5.11 Å². The molecule has 70 valence electrons. The zero-order valence-corrected chi connectivity index (χ0v) is 8.25. The maximum absolute atomic E-state index is 8.81. The number of aryl methyl sites for hydroxylation is 1. The number of allylic oxidation sites excluding steroid dienone is 1. The molecular weight excluding hydrogens is 160 g/mol. The Kier molecular flexibility index (Phi) is 3.71. The molecule has 0 saturated carbocycles. The number of hydrogen-bond donors (Lipinski definition) is 1. The maximum Gasteiger partial charge on any atom is 0.0618 e. The molecule has 0 amide bonds. The minimum atomic E-state index is 0.122. The molecule has 1 nitrogen and oxygen atoms in total. The molecule has 0 radical (unpaired) electrons. The summed E-state index contributed by atoms with van der Waals surface area (Å²) in [6.45, 7) is 4.30. The SMILES string of the molecule is CC/C(=C/CO)c1ccc(C)cc1. The van der Waals surface area contributed by atoms with Crippen molar-refractivity contribution in [2.45, 2.75) is 20.3 Å². The lowest BCUT2D eigenvalue weighted by molar-refractivity contribution is 0.343. The van der Waals surface area contributed by atoms with Crippen molar-refractivity contribution in [3.05, 3.63) is 41.5 Å². The molecule has 0 unspecified atom stereocenters. The lowest BCUT2D eigenvalue weighted by Gasteiger charge is -2.04. The van der Waals surface area contributed by atoms with Crippen LogP contribution in [0.5, 0.6) is 0 Å². The normalized spacial score (nSPS) is 11.8. The summed E-state index contributed by atoms with van der Waals surface area (Å²) < 4.78 is 0. The van der Waals surface area contributed by atoms with Crippen LogP contribution in [-0.4, -0.2) is 11.7 Å². The predicted octanol–water partition coefficient (Wildman–Crippen LogP) is 2.78. The van der Waals surface area contributed by atoms with Gasteiger partial charge in [-0.1, -0.05) is 42.8 Å². The molecule has 0 bridgehead atoms. The first kappa shape index (κ1) is 10.0. The van der Waals surface area contributed by atoms with Crippen LogP contribution in [0.15, 0.2) is 30.3 Å². The third kappa shape index (κ3) is 2.71. The van der Waals surface area contributed by atoms with Gasteiger partial charge in [-0.2, -0.15) is 0 Å². The second-order valence-corrected chi connectivity index (χ2v) is 3.13. The first-order chi connectivity index (χ1) is 6.27. The van der Waals surface area contributed by atoms with Crippen molar-refractivity contribution in [3.63, 3.8) is 0 Å². The highest BCUT2D eigenvalue weighted by atomic mass is 16.2. The van der Waals surface area contributed by atoms with E-state index in [4.69, 9.17) is 5.11 Å². The van der Waals surface area contributed by atoms with Crippen LogP contribution in [0.2, 0.25) is 0 Å². The highest BCUT2D eigenvalue weighted by molar-refractivity contribution is 5.65. The Morgan fingerprint density at radius 3 is 2.38 bits per heavy atom. The molecule has 0 spiro atoms. The van der Waals surface area contributed by atoms with Gasteiger partial charge in [-0.25, -0.2) is 0 Å². The molecule has 1 N–H and O–H groups in total. The van der Waals surface area contributed by atoms with Gasteiger partial charge in [0.1, 0.15) is 0 Å². The first-order valence-corrected chi connectivity index (χ1v) is 4.65. The van der Waals surface area contributed by atoms with Gasteiger partial charge in [0.25, 0.3) is 0 Å². The van der Waals surface area contributed by atoms with Crippen LogP contribution in [-0.2, 0) is 0 Å². The van der Waals surface area contributed by atoms with Crippen molar-refractivity contribution in [2.75, 3.05) is 6.61 Å². The zero-order valence-electron chi connectivity index (χ0n) is 8.25. The molecule has 1 aromatic rings. The van der Waals surface area contributed by atoms with Crippen LogP contribution >= 0.6 is 0 Å². The Bertz CT molecular complexity index is 282. The Hall–Kier alpha value is -1.08. The Morgan fingerprint density at radius 1 is 1.31 bits per heavy atom. The number of rotatable bonds is 3. The Labute approximate surface area is 79.7 Å². The average Bonchev–Trinajstić information content (AvgIpc) is 2.16. The number of benzene rings is 1. The molecular formula is C12H16O. The highest BCUT2D eigenvalue weighted by Gasteiger charge is 1.97. The molecule has 0 fully saturated rings. The molecule has 1 aromatic carbocycles. The molecule has 0 aliphatic heterocycles. The van der Waals surface area contributed by atoms with E-state index in [1.165, 1.54) is 16.7 Å². The maximum atomic E-state index is 8.81. The van der Waals surface area contributed by atoms with Gasteiger partial charge in [-0.05, 0) is 24.5 Å².